The van der Waals surface area contributed by atoms with E-state index in [1.807, 2.05) is 0 Å². The molecular weight excluding hydrogens is 310 g/mol. The summed E-state index contributed by atoms with van der Waals surface area (Å²) in [5.41, 5.74) is 4.13. The quantitative estimate of drug-likeness (QED) is 0.748. The first-order chi connectivity index (χ1) is 12.4. The largest absolute Gasteiger partial charge is 0.337 e. The molecule has 4 unspecified atom stereocenters. The summed E-state index contributed by atoms with van der Waals surface area (Å²) in [5.74, 6) is 4.01. The minimum absolute atomic E-state index is 0.414. The van der Waals surface area contributed by atoms with E-state index in [0.29, 0.717) is 12.0 Å². The third-order valence-electron chi connectivity index (χ3n) is 7.28. The molecular formula is C21H25N3O. The van der Waals surface area contributed by atoms with Crippen LogP contribution in [0.15, 0.2) is 22.7 Å². The van der Waals surface area contributed by atoms with Crippen LogP contribution in [0.3, 0.4) is 0 Å². The van der Waals surface area contributed by atoms with Crippen LogP contribution in [-0.4, -0.2) is 10.1 Å². The molecule has 4 nitrogen and oxygen atoms in total. The van der Waals surface area contributed by atoms with Crippen molar-refractivity contribution in [2.75, 3.05) is 4.90 Å². The van der Waals surface area contributed by atoms with Crippen molar-refractivity contribution in [3.05, 3.63) is 35.2 Å². The van der Waals surface area contributed by atoms with Crippen LogP contribution >= 0.6 is 0 Å². The fourth-order valence-electron chi connectivity index (χ4n) is 5.99. The molecule has 0 saturated heterocycles. The molecule has 1 aromatic heterocycles. The normalized spacial score (nSPS) is 32.9. The van der Waals surface area contributed by atoms with Crippen molar-refractivity contribution in [1.82, 2.24) is 10.1 Å². The first kappa shape index (κ1) is 14.3. The zero-order valence-corrected chi connectivity index (χ0v) is 14.7. The van der Waals surface area contributed by atoms with Crippen LogP contribution in [0.25, 0.3) is 0 Å². The van der Waals surface area contributed by atoms with Crippen molar-refractivity contribution in [3.63, 3.8) is 0 Å². The fourth-order valence-corrected chi connectivity index (χ4v) is 5.99. The molecule has 4 heterocycles. The Morgan fingerprint density at radius 1 is 1.00 bits per heavy atom. The van der Waals surface area contributed by atoms with Gasteiger partial charge in [0.2, 0.25) is 5.89 Å². The summed E-state index contributed by atoms with van der Waals surface area (Å²) in [6.07, 6.45) is 11.9. The van der Waals surface area contributed by atoms with Gasteiger partial charge in [-0.2, -0.15) is 4.98 Å². The van der Waals surface area contributed by atoms with Crippen LogP contribution < -0.4 is 4.90 Å². The summed E-state index contributed by atoms with van der Waals surface area (Å²) < 4.78 is 5.78. The number of aryl methyl sites for hydroxylation is 1. The van der Waals surface area contributed by atoms with Gasteiger partial charge in [-0.25, -0.2) is 0 Å². The van der Waals surface area contributed by atoms with Crippen molar-refractivity contribution < 1.29 is 4.52 Å². The molecule has 0 N–H and O–H groups in total. The number of benzene rings is 1. The van der Waals surface area contributed by atoms with Gasteiger partial charge in [-0.05, 0) is 66.3 Å². The Morgan fingerprint density at radius 2 is 1.92 bits per heavy atom. The zero-order chi connectivity index (χ0) is 16.4. The van der Waals surface area contributed by atoms with E-state index in [2.05, 4.69) is 28.3 Å². The first-order valence-electron chi connectivity index (χ1n) is 10.1. The molecule has 3 aliphatic carbocycles. The number of nitrogens with zero attached hydrogens (tertiary/aromatic N) is 3. The number of fused-ring (bicyclic) bond motifs is 3. The second-order valence-electron chi connectivity index (χ2n) is 8.56. The number of hydrogen-bond donors (Lipinski definition) is 0. The minimum atomic E-state index is 0.414. The summed E-state index contributed by atoms with van der Waals surface area (Å²) >= 11 is 0. The fraction of sp³-hybridized carbons (Fsp3) is 0.619. The lowest BCUT2D eigenvalue weighted by molar-refractivity contribution is 0.142. The third-order valence-corrected chi connectivity index (χ3v) is 7.28. The molecule has 25 heavy (non-hydrogen) atoms. The number of aromatic nitrogens is 2. The monoisotopic (exact) mass is 335 g/mol. The topological polar surface area (TPSA) is 42.2 Å². The predicted octanol–water partition coefficient (Wildman–Crippen LogP) is 5.28. The van der Waals surface area contributed by atoms with Crippen molar-refractivity contribution in [3.8, 4) is 0 Å². The summed E-state index contributed by atoms with van der Waals surface area (Å²) in [4.78, 5) is 7.20. The van der Waals surface area contributed by atoms with Gasteiger partial charge < -0.3 is 9.42 Å². The number of hydrogen-bond acceptors (Lipinski definition) is 4. The molecule has 4 atom stereocenters. The average molecular weight is 335 g/mol. The lowest BCUT2D eigenvalue weighted by atomic mass is 9.67. The molecule has 8 rings (SSSR count). The summed E-state index contributed by atoms with van der Waals surface area (Å²) in [7, 11) is 0. The highest BCUT2D eigenvalue weighted by Crippen LogP contribution is 2.49. The predicted molar refractivity (Wildman–Crippen MR) is 96.0 cm³/mol. The maximum atomic E-state index is 5.78. The Balaban J connectivity index is 1.27. The zero-order valence-electron chi connectivity index (χ0n) is 14.7. The molecule has 2 saturated carbocycles. The maximum absolute atomic E-state index is 5.78. The molecule has 4 heteroatoms. The van der Waals surface area contributed by atoms with Gasteiger partial charge in [0, 0.05) is 11.6 Å². The highest BCUT2D eigenvalue weighted by atomic mass is 16.5. The smallest absolute Gasteiger partial charge is 0.271 e. The highest BCUT2D eigenvalue weighted by molar-refractivity contribution is 5.70. The van der Waals surface area contributed by atoms with Crippen LogP contribution in [0.2, 0.25) is 0 Å². The van der Waals surface area contributed by atoms with Gasteiger partial charge in [0.15, 0.2) is 0 Å². The van der Waals surface area contributed by atoms with E-state index in [9.17, 15) is 0 Å². The van der Waals surface area contributed by atoms with E-state index < -0.39 is 0 Å². The van der Waals surface area contributed by atoms with E-state index in [1.54, 1.807) is 0 Å². The molecule has 2 aromatic rings. The molecule has 130 valence electrons. The third kappa shape index (κ3) is 2.12. The first-order valence-corrected chi connectivity index (χ1v) is 10.1. The molecule has 3 aliphatic heterocycles. The van der Waals surface area contributed by atoms with Gasteiger partial charge in [0.1, 0.15) is 0 Å². The van der Waals surface area contributed by atoms with Crippen molar-refractivity contribution in [2.45, 2.75) is 69.7 Å². The van der Waals surface area contributed by atoms with Crippen LogP contribution in [0.5, 0.6) is 0 Å². The van der Waals surface area contributed by atoms with E-state index in [0.717, 1.165) is 23.7 Å². The molecule has 0 radical (unpaired) electrons. The number of anilines is 2. The molecule has 6 aliphatic rings. The Kier molecular flexibility index (Phi) is 3.06. The van der Waals surface area contributed by atoms with Gasteiger partial charge in [-0.15, -0.1) is 0 Å². The molecule has 0 spiro atoms. The van der Waals surface area contributed by atoms with Gasteiger partial charge >= 0.3 is 0 Å². The second-order valence-corrected chi connectivity index (χ2v) is 8.56. The number of rotatable bonds is 2. The van der Waals surface area contributed by atoms with E-state index in [4.69, 9.17) is 9.51 Å². The van der Waals surface area contributed by atoms with Crippen molar-refractivity contribution >= 4 is 11.6 Å². The van der Waals surface area contributed by atoms with Crippen LogP contribution in [0, 0.1) is 11.8 Å². The summed E-state index contributed by atoms with van der Waals surface area (Å²) in [5, 5.41) is 4.40. The van der Waals surface area contributed by atoms with Gasteiger partial charge in [-0.3, -0.25) is 0 Å². The lowest BCUT2D eigenvalue weighted by Crippen LogP contribution is -2.34. The van der Waals surface area contributed by atoms with Crippen LogP contribution in [0.1, 0.15) is 80.3 Å². The van der Waals surface area contributed by atoms with Crippen LogP contribution in [-0.2, 0) is 6.42 Å². The Labute approximate surface area is 148 Å². The summed E-state index contributed by atoms with van der Waals surface area (Å²) in [6, 6.07) is 7.25. The second kappa shape index (κ2) is 5.33. The van der Waals surface area contributed by atoms with Crippen LogP contribution in [0.4, 0.5) is 11.6 Å². The molecule has 0 amide bonds. The Bertz CT molecular complexity index is 813. The highest BCUT2D eigenvalue weighted by Gasteiger charge is 2.38. The van der Waals surface area contributed by atoms with Crippen molar-refractivity contribution in [2.24, 2.45) is 11.8 Å². The van der Waals surface area contributed by atoms with E-state index in [-0.39, 0.29) is 0 Å². The van der Waals surface area contributed by atoms with Crippen molar-refractivity contribution in [1.29, 1.82) is 0 Å². The van der Waals surface area contributed by atoms with E-state index in [1.165, 1.54) is 74.6 Å². The summed E-state index contributed by atoms with van der Waals surface area (Å²) in [6.45, 7) is 0. The average Bonchev–Trinajstić information content (AvgIpc) is 3.17. The lowest BCUT2D eigenvalue weighted by Gasteiger charge is -2.41. The van der Waals surface area contributed by atoms with Gasteiger partial charge in [0.25, 0.3) is 5.95 Å². The molecule has 2 fully saturated rings. The Morgan fingerprint density at radius 3 is 2.80 bits per heavy atom. The minimum Gasteiger partial charge on any atom is -0.337 e. The Hall–Kier alpha value is -1.84. The maximum Gasteiger partial charge on any atom is 0.271 e. The molecule has 4 bridgehead atoms. The van der Waals surface area contributed by atoms with Gasteiger partial charge in [0.05, 0.1) is 6.04 Å². The standard InChI is InChI=1S/C21H25N3O/c1-2-4-14-11-17(6-5-13(14)3-1)20-22-21(23-25-20)24-18-9-7-15-12-16(18)8-10-19(15)24/h7,9,12-14,17,19H,1-6,8,10-11H2. The van der Waals surface area contributed by atoms with Gasteiger partial charge in [-0.1, -0.05) is 37.8 Å². The van der Waals surface area contributed by atoms with E-state index >= 15 is 0 Å². The SMILES string of the molecule is c1cc2c3cc1C(CC3)N2c1noc(C2CCC3CCCCC3C2)n1. The molecule has 1 aromatic carbocycles.